The zero-order valence-electron chi connectivity index (χ0n) is 52.6. The Balaban J connectivity index is 3.25. The Labute approximate surface area is 472 Å². The van der Waals surface area contributed by atoms with Crippen molar-refractivity contribution in [3.63, 3.8) is 0 Å². The molecule has 2 aliphatic heterocycles. The molecule has 0 aromatic carbocycles. The molecule has 0 unspecified atom stereocenters. The lowest BCUT2D eigenvalue weighted by Gasteiger charge is -2.49. The zero-order chi connectivity index (χ0) is 61.2. The van der Waals surface area contributed by atoms with Crippen molar-refractivity contribution in [1.29, 1.82) is 0 Å². The number of carbonyl (C=O) groups is 8. The van der Waals surface area contributed by atoms with E-state index in [9.17, 15) is 38.4 Å². The van der Waals surface area contributed by atoms with Crippen LogP contribution in [0.2, 0.25) is 0 Å². The summed E-state index contributed by atoms with van der Waals surface area (Å²) < 4.78 is 69.4. The number of ether oxygens (including phenoxy) is 11. The lowest BCUT2D eigenvalue weighted by molar-refractivity contribution is -0.358. The summed E-state index contributed by atoms with van der Waals surface area (Å²) in [6.07, 6.45) is -18.4. The smallest absolute Gasteiger partial charge is 0.308 e. The summed E-state index contributed by atoms with van der Waals surface area (Å²) in [6.45, 7) is 42.3. The fraction of sp³-hybridized carbons (Fsp3) is 0.867. The van der Waals surface area contributed by atoms with Crippen LogP contribution >= 0.6 is 0 Å². The van der Waals surface area contributed by atoms with E-state index in [-0.39, 0.29) is 51.4 Å². The largest absolute Gasteiger partial charge is 0.463 e. The second-order valence-electron chi connectivity index (χ2n) is 31.2. The Bertz CT molecular complexity index is 2070. The Hall–Kier alpha value is -4.36. The van der Waals surface area contributed by atoms with Gasteiger partial charge >= 0.3 is 47.8 Å². The molecule has 0 aromatic heterocycles. The maximum atomic E-state index is 14.3. The van der Waals surface area contributed by atoms with E-state index in [1.54, 1.807) is 83.1 Å². The van der Waals surface area contributed by atoms with E-state index in [0.29, 0.717) is 0 Å². The van der Waals surface area contributed by atoms with Gasteiger partial charge in [0.05, 0.1) is 51.4 Å². The number of rotatable bonds is 20. The van der Waals surface area contributed by atoms with E-state index in [2.05, 4.69) is 0 Å². The monoisotopic (exact) mass is 1130 g/mol. The fourth-order valence-corrected chi connectivity index (χ4v) is 8.26. The normalized spacial score (nSPS) is 24.6. The molecule has 2 fully saturated rings. The van der Waals surface area contributed by atoms with Gasteiger partial charge in [0.25, 0.3) is 0 Å². The molecule has 0 bridgehead atoms. The highest BCUT2D eigenvalue weighted by Crippen LogP contribution is 2.39. The molecule has 0 aliphatic carbocycles. The first-order valence-corrected chi connectivity index (χ1v) is 27.8. The van der Waals surface area contributed by atoms with Crippen LogP contribution in [0.1, 0.15) is 218 Å². The van der Waals surface area contributed by atoms with Crippen molar-refractivity contribution < 1.29 is 90.5 Å². The van der Waals surface area contributed by atoms with Gasteiger partial charge in [0.1, 0.15) is 31.5 Å². The Kier molecular flexibility index (Phi) is 24.7. The van der Waals surface area contributed by atoms with Crippen LogP contribution in [0.5, 0.6) is 0 Å². The van der Waals surface area contributed by atoms with Gasteiger partial charge in [-0.25, -0.2) is 0 Å². The first kappa shape index (κ1) is 70.7. The molecule has 10 atom stereocenters. The third-order valence-electron chi connectivity index (χ3n) is 11.3. The second-order valence-corrected chi connectivity index (χ2v) is 31.2. The summed E-state index contributed by atoms with van der Waals surface area (Å²) in [6, 6.07) is 0. The minimum atomic E-state index is -1.93. The van der Waals surface area contributed by atoms with Crippen LogP contribution in [0.3, 0.4) is 0 Å². The molecule has 456 valence electrons. The molecular formula is C60H102O19. The molecule has 0 amide bonds. The number of carbonyl (C=O) groups excluding carboxylic acids is 8. The molecule has 2 saturated heterocycles. The van der Waals surface area contributed by atoms with Gasteiger partial charge in [-0.3, -0.25) is 38.4 Å². The minimum absolute atomic E-state index is 0.0430. The number of hydrogen-bond acceptors (Lipinski definition) is 19. The van der Waals surface area contributed by atoms with Gasteiger partial charge in [0.2, 0.25) is 12.4 Å². The highest BCUT2D eigenvalue weighted by molar-refractivity contribution is 5.74. The molecule has 0 saturated carbocycles. The van der Waals surface area contributed by atoms with Crippen molar-refractivity contribution in [2.24, 2.45) is 43.3 Å². The molecule has 0 spiro atoms. The van der Waals surface area contributed by atoms with Crippen LogP contribution in [0, 0.1) is 43.3 Å². The van der Waals surface area contributed by atoms with Crippen molar-refractivity contribution in [2.45, 2.75) is 279 Å². The summed E-state index contributed by atoms with van der Waals surface area (Å²) in [4.78, 5) is 112. The van der Waals surface area contributed by atoms with Gasteiger partial charge in [0, 0.05) is 0 Å². The number of hydrogen-bond donors (Lipinski definition) is 0. The van der Waals surface area contributed by atoms with E-state index in [0.717, 1.165) is 0 Å². The molecule has 19 nitrogen and oxygen atoms in total. The first-order valence-electron chi connectivity index (χ1n) is 27.8. The summed E-state index contributed by atoms with van der Waals surface area (Å²) in [7, 11) is 0. The van der Waals surface area contributed by atoms with Crippen LogP contribution < -0.4 is 0 Å². The van der Waals surface area contributed by atoms with Gasteiger partial charge in [-0.1, -0.05) is 166 Å². The Morgan fingerprint density at radius 1 is 0.266 bits per heavy atom. The van der Waals surface area contributed by atoms with Crippen molar-refractivity contribution in [3.8, 4) is 0 Å². The molecule has 0 aromatic rings. The minimum Gasteiger partial charge on any atom is -0.463 e. The van der Waals surface area contributed by atoms with E-state index < -0.39 is 166 Å². The highest BCUT2D eigenvalue weighted by atomic mass is 16.8. The number of esters is 8. The lowest BCUT2D eigenvalue weighted by atomic mass is 9.91. The highest BCUT2D eigenvalue weighted by Gasteiger charge is 2.59. The summed E-state index contributed by atoms with van der Waals surface area (Å²) in [5, 5.41) is 0. The van der Waals surface area contributed by atoms with Crippen LogP contribution in [0.25, 0.3) is 0 Å². The van der Waals surface area contributed by atoms with Gasteiger partial charge < -0.3 is 52.1 Å². The van der Waals surface area contributed by atoms with E-state index in [4.69, 9.17) is 52.1 Å². The summed E-state index contributed by atoms with van der Waals surface area (Å²) in [5.41, 5.74) is -4.90. The van der Waals surface area contributed by atoms with Crippen LogP contribution in [0.15, 0.2) is 0 Å². The average Bonchev–Trinajstić information content (AvgIpc) is 3.15. The molecule has 19 heteroatoms. The molecule has 2 aliphatic rings. The maximum Gasteiger partial charge on any atom is 0.308 e. The summed E-state index contributed by atoms with van der Waals surface area (Å²) >= 11 is 0. The standard InChI is InChI=1S/C60H102O19/c1-53(2,3)25-37(61)69-33-35-45(73-39(63)27-55(7,8)9)47(74-40(64)28-56(10,11)12)50(77-43(67)31-59(19,20)21)52(72-35)79-46-36(34-70-38(62)26-54(4,5)6)71-51(78-44(68)32-60(22,23)24)49(76-42(66)30-58(16,17)18)48(46)75-41(65)29-57(13,14)15/h35-36,45-52H,25-34H2,1-24H3/t35-,36-,45+,46-,47+,48+,49-,50-,51+,52+/m1/s1. The van der Waals surface area contributed by atoms with Crippen LogP contribution in [-0.4, -0.2) is 122 Å². The molecule has 79 heavy (non-hydrogen) atoms. The van der Waals surface area contributed by atoms with E-state index in [1.165, 1.54) is 0 Å². The predicted molar refractivity (Wildman–Crippen MR) is 292 cm³/mol. The lowest BCUT2D eigenvalue weighted by Crippen LogP contribution is -2.67. The molecular weight excluding hydrogens is 1020 g/mol. The SMILES string of the molecule is CC(C)(C)CC(=O)OC[C@H]1O[C@@H](O[C@H]2[C@H](OC(=O)CC(C)(C)C)[C@@H](OC(=O)CC(C)(C)C)[C@H](OC(=O)CC(C)(C)C)O[C@@H]2COC(=O)CC(C)(C)C)[C@H](OC(=O)CC(C)(C)C)[C@@H](OC(=O)CC(C)(C)C)[C@H]1OC(=O)CC(C)(C)C. The van der Waals surface area contributed by atoms with Crippen molar-refractivity contribution >= 4 is 47.8 Å². The van der Waals surface area contributed by atoms with Gasteiger partial charge in [-0.15, -0.1) is 0 Å². The fourth-order valence-electron chi connectivity index (χ4n) is 8.26. The molecule has 0 N–H and O–H groups in total. The molecule has 2 rings (SSSR count). The molecule has 2 heterocycles. The quantitative estimate of drug-likeness (QED) is 0.0813. The van der Waals surface area contributed by atoms with Gasteiger partial charge in [-0.2, -0.15) is 0 Å². The van der Waals surface area contributed by atoms with Gasteiger partial charge in [0.15, 0.2) is 30.7 Å². The van der Waals surface area contributed by atoms with Gasteiger partial charge in [-0.05, 0) is 43.3 Å². The predicted octanol–water partition coefficient (Wildman–Crippen LogP) is 10.5. The van der Waals surface area contributed by atoms with Crippen molar-refractivity contribution in [1.82, 2.24) is 0 Å². The average molecular weight is 1130 g/mol. The van der Waals surface area contributed by atoms with E-state index in [1.807, 2.05) is 83.1 Å². The molecule has 0 radical (unpaired) electrons. The first-order chi connectivity index (χ1) is 35.4. The topological polar surface area (TPSA) is 238 Å². The third-order valence-corrected chi connectivity index (χ3v) is 11.3. The Morgan fingerprint density at radius 2 is 0.481 bits per heavy atom. The van der Waals surface area contributed by atoms with Crippen LogP contribution in [-0.2, 0) is 90.5 Å². The zero-order valence-corrected chi connectivity index (χ0v) is 52.6. The van der Waals surface area contributed by atoms with Crippen LogP contribution in [0.4, 0.5) is 0 Å². The third kappa shape index (κ3) is 29.3. The van der Waals surface area contributed by atoms with Crippen molar-refractivity contribution in [3.05, 3.63) is 0 Å². The summed E-state index contributed by atoms with van der Waals surface area (Å²) in [5.74, 6) is -6.05. The van der Waals surface area contributed by atoms with E-state index >= 15 is 0 Å². The second kappa shape index (κ2) is 27.6. The maximum absolute atomic E-state index is 14.3. The Morgan fingerprint density at radius 3 is 0.785 bits per heavy atom. The van der Waals surface area contributed by atoms with Crippen molar-refractivity contribution in [2.75, 3.05) is 13.2 Å².